The third kappa shape index (κ3) is 2.43. The molecule has 1 aromatic heterocycles. The smallest absolute Gasteiger partial charge is 0.325 e. The van der Waals surface area contributed by atoms with Crippen LogP contribution in [-0.2, 0) is 23.3 Å². The number of hydrogen-bond donors (Lipinski definition) is 1. The van der Waals surface area contributed by atoms with Crippen LogP contribution >= 0.6 is 11.6 Å². The van der Waals surface area contributed by atoms with Crippen LogP contribution in [-0.4, -0.2) is 27.0 Å². The molecule has 1 N–H and O–H groups in total. The van der Waals surface area contributed by atoms with E-state index in [1.807, 2.05) is 30.3 Å². The molecule has 28 heavy (non-hydrogen) atoms. The molecule has 1 aliphatic carbocycles. The maximum absolute atomic E-state index is 13.2. The first-order chi connectivity index (χ1) is 13.6. The van der Waals surface area contributed by atoms with E-state index in [1.54, 1.807) is 18.2 Å². The largest absolute Gasteiger partial charge is 0.337 e. The number of urea groups is 1. The van der Waals surface area contributed by atoms with Gasteiger partial charge in [0.1, 0.15) is 12.1 Å². The number of amides is 3. The number of carbonyl (C=O) groups excluding carboxylic acids is 2. The van der Waals surface area contributed by atoms with Crippen LogP contribution in [0, 0.1) is 0 Å². The van der Waals surface area contributed by atoms with E-state index >= 15 is 0 Å². The summed E-state index contributed by atoms with van der Waals surface area (Å²) < 4.78 is 5.26. The second kappa shape index (κ2) is 6.17. The standard InChI is InChI=1S/C20H15ClN4O3/c21-15-8-4-2-6-13(15)17-22-16(28-24-17)11-25-18(26)20(23-19(25)27)10-9-12-5-1-3-7-14(12)20/h1-8H,9-11H2,(H,23,27). The van der Waals surface area contributed by atoms with Crippen molar-refractivity contribution in [2.75, 3.05) is 0 Å². The summed E-state index contributed by atoms with van der Waals surface area (Å²) in [5.74, 6) is 0.190. The Morgan fingerprint density at radius 3 is 2.79 bits per heavy atom. The summed E-state index contributed by atoms with van der Waals surface area (Å²) in [4.78, 5) is 31.2. The second-order valence-corrected chi connectivity index (χ2v) is 7.28. The maximum atomic E-state index is 13.2. The van der Waals surface area contributed by atoms with Crippen LogP contribution in [0.25, 0.3) is 11.4 Å². The summed E-state index contributed by atoms with van der Waals surface area (Å²) >= 11 is 6.16. The number of halogens is 1. The van der Waals surface area contributed by atoms with Gasteiger partial charge in [0.2, 0.25) is 11.7 Å². The molecule has 2 aromatic carbocycles. The van der Waals surface area contributed by atoms with Crippen molar-refractivity contribution in [3.63, 3.8) is 0 Å². The van der Waals surface area contributed by atoms with Gasteiger partial charge in [-0.05, 0) is 36.1 Å². The molecule has 5 rings (SSSR count). The Morgan fingerprint density at radius 1 is 1.14 bits per heavy atom. The average Bonchev–Trinajstić information content (AvgIpc) is 3.37. The molecule has 3 aromatic rings. The molecule has 1 fully saturated rings. The lowest BCUT2D eigenvalue weighted by Gasteiger charge is -2.21. The van der Waals surface area contributed by atoms with E-state index in [4.69, 9.17) is 16.1 Å². The Morgan fingerprint density at radius 2 is 1.93 bits per heavy atom. The van der Waals surface area contributed by atoms with E-state index in [2.05, 4.69) is 15.5 Å². The summed E-state index contributed by atoms with van der Waals surface area (Å²) in [6.45, 7) is -0.0912. The summed E-state index contributed by atoms with van der Waals surface area (Å²) in [6, 6.07) is 14.4. The van der Waals surface area contributed by atoms with Gasteiger partial charge >= 0.3 is 6.03 Å². The van der Waals surface area contributed by atoms with Gasteiger partial charge in [0, 0.05) is 5.56 Å². The normalized spacial score (nSPS) is 20.7. The number of hydrogen-bond acceptors (Lipinski definition) is 5. The summed E-state index contributed by atoms with van der Waals surface area (Å²) in [6.07, 6.45) is 1.29. The number of fused-ring (bicyclic) bond motifs is 2. The lowest BCUT2D eigenvalue weighted by molar-refractivity contribution is -0.132. The first-order valence-electron chi connectivity index (χ1n) is 8.88. The molecule has 2 heterocycles. The predicted molar refractivity (Wildman–Crippen MR) is 100 cm³/mol. The zero-order chi connectivity index (χ0) is 19.3. The van der Waals surface area contributed by atoms with Crippen LogP contribution in [0.5, 0.6) is 0 Å². The van der Waals surface area contributed by atoms with Crippen LogP contribution in [0.15, 0.2) is 53.1 Å². The molecule has 2 aliphatic rings. The Labute approximate surface area is 165 Å². The number of nitrogens with zero attached hydrogens (tertiary/aromatic N) is 3. The minimum Gasteiger partial charge on any atom is -0.337 e. The van der Waals surface area contributed by atoms with Crippen molar-refractivity contribution in [1.29, 1.82) is 0 Å². The molecule has 140 valence electrons. The molecule has 7 nitrogen and oxygen atoms in total. The quantitative estimate of drug-likeness (QED) is 0.688. The van der Waals surface area contributed by atoms with E-state index in [-0.39, 0.29) is 18.3 Å². The zero-order valence-corrected chi connectivity index (χ0v) is 15.4. The maximum Gasteiger partial charge on any atom is 0.325 e. The number of benzene rings is 2. The number of aryl methyl sites for hydroxylation is 1. The van der Waals surface area contributed by atoms with Crippen molar-refractivity contribution in [2.24, 2.45) is 0 Å². The van der Waals surface area contributed by atoms with Gasteiger partial charge in [-0.15, -0.1) is 0 Å². The Bertz CT molecular complexity index is 1110. The first kappa shape index (κ1) is 16.9. The van der Waals surface area contributed by atoms with Gasteiger partial charge in [-0.1, -0.05) is 53.2 Å². The van der Waals surface area contributed by atoms with Crippen molar-refractivity contribution in [3.8, 4) is 11.4 Å². The highest BCUT2D eigenvalue weighted by atomic mass is 35.5. The minimum absolute atomic E-state index is 0.0912. The van der Waals surface area contributed by atoms with Crippen molar-refractivity contribution in [2.45, 2.75) is 24.9 Å². The Hall–Kier alpha value is -3.19. The topological polar surface area (TPSA) is 88.3 Å². The molecular formula is C20H15ClN4O3. The molecular weight excluding hydrogens is 380 g/mol. The molecule has 1 spiro atoms. The summed E-state index contributed by atoms with van der Waals surface area (Å²) in [7, 11) is 0. The van der Waals surface area contributed by atoms with Gasteiger partial charge < -0.3 is 9.84 Å². The Kier molecular flexibility index (Phi) is 3.73. The highest BCUT2D eigenvalue weighted by molar-refractivity contribution is 6.33. The summed E-state index contributed by atoms with van der Waals surface area (Å²) in [5.41, 5.74) is 1.56. The number of aromatic nitrogens is 2. The van der Waals surface area contributed by atoms with E-state index in [0.29, 0.717) is 22.8 Å². The third-order valence-corrected chi connectivity index (χ3v) is 5.63. The van der Waals surface area contributed by atoms with Crippen molar-refractivity contribution < 1.29 is 14.1 Å². The average molecular weight is 395 g/mol. The Balaban J connectivity index is 1.42. The molecule has 1 atom stereocenters. The van der Waals surface area contributed by atoms with E-state index in [9.17, 15) is 9.59 Å². The molecule has 3 amide bonds. The summed E-state index contributed by atoms with van der Waals surface area (Å²) in [5, 5.41) is 7.30. The highest BCUT2D eigenvalue weighted by Crippen LogP contribution is 2.41. The van der Waals surface area contributed by atoms with Crippen molar-refractivity contribution in [1.82, 2.24) is 20.4 Å². The van der Waals surface area contributed by atoms with Gasteiger partial charge in [0.25, 0.3) is 5.91 Å². The molecule has 8 heteroatoms. The van der Waals surface area contributed by atoms with Crippen LogP contribution in [0.3, 0.4) is 0 Å². The van der Waals surface area contributed by atoms with Crippen LogP contribution in [0.4, 0.5) is 4.79 Å². The van der Waals surface area contributed by atoms with Gasteiger partial charge in [-0.3, -0.25) is 9.69 Å². The second-order valence-electron chi connectivity index (χ2n) is 6.88. The van der Waals surface area contributed by atoms with Crippen LogP contribution < -0.4 is 5.32 Å². The SMILES string of the molecule is O=C1NC2(CCc3ccccc32)C(=O)N1Cc1nc(-c2ccccc2Cl)no1. The molecule has 1 unspecified atom stereocenters. The fraction of sp³-hybridized carbons (Fsp3) is 0.200. The van der Waals surface area contributed by atoms with Gasteiger partial charge in [0.05, 0.1) is 5.02 Å². The fourth-order valence-corrected chi connectivity index (χ4v) is 4.16. The molecule has 1 aliphatic heterocycles. The lowest BCUT2D eigenvalue weighted by Crippen LogP contribution is -2.41. The van der Waals surface area contributed by atoms with E-state index in [0.717, 1.165) is 22.4 Å². The number of carbonyl (C=O) groups is 2. The fourth-order valence-electron chi connectivity index (χ4n) is 3.94. The lowest BCUT2D eigenvalue weighted by atomic mass is 9.92. The predicted octanol–water partition coefficient (Wildman–Crippen LogP) is 3.28. The van der Waals surface area contributed by atoms with Crippen LogP contribution in [0.1, 0.15) is 23.4 Å². The zero-order valence-electron chi connectivity index (χ0n) is 14.7. The van der Waals surface area contributed by atoms with Gasteiger partial charge in [-0.25, -0.2) is 4.79 Å². The monoisotopic (exact) mass is 394 g/mol. The highest BCUT2D eigenvalue weighted by Gasteiger charge is 2.55. The van der Waals surface area contributed by atoms with Crippen LogP contribution in [0.2, 0.25) is 5.02 Å². The number of imide groups is 1. The van der Waals surface area contributed by atoms with Gasteiger partial charge in [0.15, 0.2) is 0 Å². The third-order valence-electron chi connectivity index (χ3n) is 5.30. The molecule has 0 bridgehead atoms. The van der Waals surface area contributed by atoms with E-state index in [1.165, 1.54) is 0 Å². The van der Waals surface area contributed by atoms with Gasteiger partial charge in [-0.2, -0.15) is 4.98 Å². The number of nitrogens with one attached hydrogen (secondary N) is 1. The van der Waals surface area contributed by atoms with Crippen molar-refractivity contribution >= 4 is 23.5 Å². The first-order valence-corrected chi connectivity index (χ1v) is 9.26. The van der Waals surface area contributed by atoms with E-state index < -0.39 is 11.6 Å². The molecule has 1 saturated heterocycles. The van der Waals surface area contributed by atoms with Crippen molar-refractivity contribution in [3.05, 3.63) is 70.6 Å². The molecule has 0 saturated carbocycles. The molecule has 0 radical (unpaired) electrons. The minimum atomic E-state index is -1.00. The number of rotatable bonds is 3.